The molecule has 21 heavy (non-hydrogen) atoms. The second kappa shape index (κ2) is 6.96. The summed E-state index contributed by atoms with van der Waals surface area (Å²) in [5, 5.41) is 6.97. The monoisotopic (exact) mass is 314 g/mol. The Hall–Kier alpha value is -1.52. The van der Waals surface area contributed by atoms with Crippen molar-refractivity contribution < 1.29 is 0 Å². The van der Waals surface area contributed by atoms with Crippen LogP contribution in [0.3, 0.4) is 0 Å². The number of thiazole rings is 1. The van der Waals surface area contributed by atoms with E-state index in [0.717, 1.165) is 23.8 Å². The van der Waals surface area contributed by atoms with Crippen LogP contribution in [0.2, 0.25) is 0 Å². The van der Waals surface area contributed by atoms with Crippen molar-refractivity contribution in [1.82, 2.24) is 4.98 Å². The second-order valence-corrected chi connectivity index (χ2v) is 7.02. The van der Waals surface area contributed by atoms with Crippen LogP contribution in [0.25, 0.3) is 10.8 Å². The van der Waals surface area contributed by atoms with Gasteiger partial charge in [0.25, 0.3) is 0 Å². The highest BCUT2D eigenvalue weighted by Gasteiger charge is 2.03. The number of thioether (sulfide) groups is 1. The fraction of sp³-hybridized carbons (Fsp3) is 0.235. The third-order valence-electron chi connectivity index (χ3n) is 3.18. The van der Waals surface area contributed by atoms with Crippen molar-refractivity contribution in [2.75, 3.05) is 11.9 Å². The average Bonchev–Trinajstić information content (AvgIpc) is 2.98. The molecule has 1 N–H and O–H groups in total. The third-order valence-corrected chi connectivity index (χ3v) is 5.36. The molecule has 0 aliphatic rings. The van der Waals surface area contributed by atoms with Crippen molar-refractivity contribution in [2.24, 2.45) is 0 Å². The van der Waals surface area contributed by atoms with Gasteiger partial charge in [-0.15, -0.1) is 23.1 Å². The standard InChI is InChI=1S/C17H18N2S2/c1-2-9-18-17-19-11-16(21-17)12-20-15-8-7-13-5-3-4-6-14(13)10-15/h3-8,10-11H,2,9,12H2,1H3,(H,18,19). The molecule has 0 spiro atoms. The highest BCUT2D eigenvalue weighted by atomic mass is 32.2. The minimum absolute atomic E-state index is 0.976. The van der Waals surface area contributed by atoms with E-state index in [1.165, 1.54) is 20.5 Å². The Labute approximate surface area is 133 Å². The maximum Gasteiger partial charge on any atom is 0.182 e. The Morgan fingerprint density at radius 2 is 2.00 bits per heavy atom. The van der Waals surface area contributed by atoms with Gasteiger partial charge >= 0.3 is 0 Å². The molecule has 2 nitrogen and oxygen atoms in total. The van der Waals surface area contributed by atoms with Crippen LogP contribution in [0, 0.1) is 0 Å². The Morgan fingerprint density at radius 1 is 1.14 bits per heavy atom. The lowest BCUT2D eigenvalue weighted by atomic mass is 10.1. The van der Waals surface area contributed by atoms with Crippen LogP contribution in [0.1, 0.15) is 18.2 Å². The summed E-state index contributed by atoms with van der Waals surface area (Å²) >= 11 is 3.62. The minimum atomic E-state index is 0.976. The number of hydrogen-bond acceptors (Lipinski definition) is 4. The summed E-state index contributed by atoms with van der Waals surface area (Å²) < 4.78 is 0. The SMILES string of the molecule is CCCNc1ncc(CSc2ccc3ccccc3c2)s1. The number of benzene rings is 2. The Balaban J connectivity index is 1.64. The summed E-state index contributed by atoms with van der Waals surface area (Å²) in [6.45, 7) is 3.15. The van der Waals surface area contributed by atoms with Gasteiger partial charge in [-0.3, -0.25) is 0 Å². The van der Waals surface area contributed by atoms with Crippen molar-refractivity contribution in [3.8, 4) is 0 Å². The molecule has 3 aromatic rings. The topological polar surface area (TPSA) is 24.9 Å². The predicted octanol–water partition coefficient (Wildman–Crippen LogP) is 5.41. The molecule has 0 bridgehead atoms. The first-order valence-electron chi connectivity index (χ1n) is 7.15. The van der Waals surface area contributed by atoms with Gasteiger partial charge in [-0.25, -0.2) is 4.98 Å². The van der Waals surface area contributed by atoms with Gasteiger partial charge in [0.1, 0.15) is 0 Å². The van der Waals surface area contributed by atoms with Crippen LogP contribution in [0.15, 0.2) is 53.6 Å². The fourth-order valence-corrected chi connectivity index (χ4v) is 3.90. The quantitative estimate of drug-likeness (QED) is 0.616. The number of nitrogens with one attached hydrogen (secondary N) is 1. The summed E-state index contributed by atoms with van der Waals surface area (Å²) in [6, 6.07) is 15.1. The summed E-state index contributed by atoms with van der Waals surface area (Å²) in [5.41, 5.74) is 0. The van der Waals surface area contributed by atoms with Crippen molar-refractivity contribution >= 4 is 39.0 Å². The van der Waals surface area contributed by atoms with Gasteiger partial charge in [0, 0.05) is 28.3 Å². The van der Waals surface area contributed by atoms with Crippen molar-refractivity contribution in [1.29, 1.82) is 0 Å². The number of nitrogens with zero attached hydrogens (tertiary/aromatic N) is 1. The van der Waals surface area contributed by atoms with Gasteiger partial charge in [-0.2, -0.15) is 0 Å². The lowest BCUT2D eigenvalue weighted by Crippen LogP contribution is -1.97. The summed E-state index contributed by atoms with van der Waals surface area (Å²) in [4.78, 5) is 7.03. The molecule has 0 aliphatic heterocycles. The van der Waals surface area contributed by atoms with Gasteiger partial charge in [0.05, 0.1) is 0 Å². The molecule has 0 fully saturated rings. The molecule has 0 unspecified atom stereocenters. The molecule has 0 saturated carbocycles. The van der Waals surface area contributed by atoms with E-state index in [9.17, 15) is 0 Å². The molecule has 0 aliphatic carbocycles. The third kappa shape index (κ3) is 3.77. The van der Waals surface area contributed by atoms with Gasteiger partial charge in [-0.1, -0.05) is 37.3 Å². The normalized spacial score (nSPS) is 10.9. The van der Waals surface area contributed by atoms with E-state index in [1.807, 2.05) is 18.0 Å². The zero-order valence-electron chi connectivity index (χ0n) is 12.0. The zero-order chi connectivity index (χ0) is 14.5. The molecule has 2 aromatic carbocycles. The number of anilines is 1. The van der Waals surface area contributed by atoms with Crippen LogP contribution in [0.4, 0.5) is 5.13 Å². The Bertz CT molecular complexity index is 721. The molecule has 4 heteroatoms. The van der Waals surface area contributed by atoms with Crippen molar-refractivity contribution in [2.45, 2.75) is 24.0 Å². The first-order valence-corrected chi connectivity index (χ1v) is 8.95. The highest BCUT2D eigenvalue weighted by molar-refractivity contribution is 7.98. The summed E-state index contributed by atoms with van der Waals surface area (Å²) in [7, 11) is 0. The predicted molar refractivity (Wildman–Crippen MR) is 94.4 cm³/mol. The van der Waals surface area contributed by atoms with E-state index in [2.05, 4.69) is 59.7 Å². The number of fused-ring (bicyclic) bond motifs is 1. The summed E-state index contributed by atoms with van der Waals surface area (Å²) in [5.74, 6) is 0.976. The van der Waals surface area contributed by atoms with Crippen LogP contribution < -0.4 is 5.32 Å². The molecule has 0 amide bonds. The first kappa shape index (κ1) is 14.4. The minimum Gasteiger partial charge on any atom is -0.362 e. The van der Waals surface area contributed by atoms with Crippen LogP contribution in [0.5, 0.6) is 0 Å². The van der Waals surface area contributed by atoms with Gasteiger partial charge < -0.3 is 5.32 Å². The van der Waals surface area contributed by atoms with Gasteiger partial charge in [0.2, 0.25) is 0 Å². The maximum atomic E-state index is 4.41. The first-order chi connectivity index (χ1) is 10.3. The van der Waals surface area contributed by atoms with Crippen LogP contribution in [-0.2, 0) is 5.75 Å². The lowest BCUT2D eigenvalue weighted by molar-refractivity contribution is 0.976. The van der Waals surface area contributed by atoms with Crippen molar-refractivity contribution in [3.05, 3.63) is 53.5 Å². The molecule has 0 atom stereocenters. The molecule has 108 valence electrons. The fourth-order valence-electron chi connectivity index (χ4n) is 2.10. The lowest BCUT2D eigenvalue weighted by Gasteiger charge is -2.02. The maximum absolute atomic E-state index is 4.41. The van der Waals surface area contributed by atoms with E-state index in [4.69, 9.17) is 0 Å². The van der Waals surface area contributed by atoms with E-state index >= 15 is 0 Å². The largest absolute Gasteiger partial charge is 0.362 e. The molecule has 0 saturated heterocycles. The number of rotatable bonds is 6. The molecular weight excluding hydrogens is 296 g/mol. The smallest absolute Gasteiger partial charge is 0.182 e. The van der Waals surface area contributed by atoms with E-state index < -0.39 is 0 Å². The summed E-state index contributed by atoms with van der Waals surface area (Å²) in [6.07, 6.45) is 3.11. The molecule has 1 aromatic heterocycles. The molecule has 3 rings (SSSR count). The van der Waals surface area contributed by atoms with E-state index in [1.54, 1.807) is 11.3 Å². The van der Waals surface area contributed by atoms with Gasteiger partial charge in [0.15, 0.2) is 5.13 Å². The highest BCUT2D eigenvalue weighted by Crippen LogP contribution is 2.29. The molecule has 1 heterocycles. The van der Waals surface area contributed by atoms with E-state index in [0.29, 0.717) is 0 Å². The van der Waals surface area contributed by atoms with Gasteiger partial charge in [-0.05, 0) is 29.3 Å². The second-order valence-electron chi connectivity index (χ2n) is 4.86. The molecule has 0 radical (unpaired) electrons. The zero-order valence-corrected chi connectivity index (χ0v) is 13.6. The van der Waals surface area contributed by atoms with Crippen LogP contribution in [-0.4, -0.2) is 11.5 Å². The molecular formula is C17H18N2S2. The Kier molecular flexibility index (Phi) is 4.78. The average molecular weight is 314 g/mol. The van der Waals surface area contributed by atoms with Crippen molar-refractivity contribution in [3.63, 3.8) is 0 Å². The Morgan fingerprint density at radius 3 is 2.86 bits per heavy atom. The number of hydrogen-bond donors (Lipinski definition) is 1. The van der Waals surface area contributed by atoms with Crippen LogP contribution >= 0.6 is 23.1 Å². The number of aromatic nitrogens is 1. The van der Waals surface area contributed by atoms with E-state index in [-0.39, 0.29) is 0 Å².